The second-order valence-electron chi connectivity index (χ2n) is 3.94. The van der Waals surface area contributed by atoms with Crippen LogP contribution < -0.4 is 14.4 Å². The number of nitrogens with one attached hydrogen (secondary N) is 1. The summed E-state index contributed by atoms with van der Waals surface area (Å²) in [6, 6.07) is 6.95. The van der Waals surface area contributed by atoms with Crippen LogP contribution in [0.5, 0.6) is 5.75 Å². The number of hydrogen-bond donors (Lipinski definition) is 1. The zero-order chi connectivity index (χ0) is 13.6. The van der Waals surface area contributed by atoms with Gasteiger partial charge in [-0.15, -0.1) is 0 Å². The highest BCUT2D eigenvalue weighted by Crippen LogP contribution is 2.20. The Balaban J connectivity index is 2.75. The van der Waals surface area contributed by atoms with Crippen molar-refractivity contribution >= 4 is 15.7 Å². The van der Waals surface area contributed by atoms with Crippen molar-refractivity contribution in [2.75, 3.05) is 37.8 Å². The second kappa shape index (κ2) is 6.61. The number of sulfonamides is 1. The molecular weight excluding hydrogens is 252 g/mol. The largest absolute Gasteiger partial charge is 0.497 e. The fourth-order valence-electron chi connectivity index (χ4n) is 1.52. The fourth-order valence-corrected chi connectivity index (χ4v) is 2.75. The van der Waals surface area contributed by atoms with Gasteiger partial charge in [-0.3, -0.25) is 4.31 Å². The van der Waals surface area contributed by atoms with Gasteiger partial charge in [0.1, 0.15) is 5.75 Å². The molecule has 0 saturated heterocycles. The molecule has 0 aromatic heterocycles. The number of methoxy groups -OCH3 is 1. The van der Waals surface area contributed by atoms with Crippen LogP contribution in [0, 0.1) is 0 Å². The first-order valence-corrected chi connectivity index (χ1v) is 7.37. The van der Waals surface area contributed by atoms with E-state index in [4.69, 9.17) is 4.74 Å². The number of ether oxygens (including phenoxy) is 1. The molecule has 0 aliphatic carbocycles. The van der Waals surface area contributed by atoms with Crippen LogP contribution in [0.15, 0.2) is 24.3 Å². The van der Waals surface area contributed by atoms with Crippen LogP contribution >= 0.6 is 0 Å². The Bertz CT molecular complexity index is 457. The van der Waals surface area contributed by atoms with Gasteiger partial charge in [-0.25, -0.2) is 8.42 Å². The summed E-state index contributed by atoms with van der Waals surface area (Å²) < 4.78 is 30.4. The Morgan fingerprint density at radius 3 is 2.39 bits per heavy atom. The first-order chi connectivity index (χ1) is 8.51. The summed E-state index contributed by atoms with van der Waals surface area (Å²) in [6.45, 7) is 0.690. The predicted octanol–water partition coefficient (Wildman–Crippen LogP) is 1.07. The van der Waals surface area contributed by atoms with E-state index in [-0.39, 0.29) is 5.75 Å². The lowest BCUT2D eigenvalue weighted by atomic mass is 10.3. The van der Waals surface area contributed by atoms with E-state index >= 15 is 0 Å². The van der Waals surface area contributed by atoms with Gasteiger partial charge in [-0.1, -0.05) is 0 Å². The molecule has 0 saturated carbocycles. The topological polar surface area (TPSA) is 58.6 Å². The van der Waals surface area contributed by atoms with Gasteiger partial charge >= 0.3 is 0 Å². The maximum Gasteiger partial charge on any atom is 0.234 e. The normalized spacial score (nSPS) is 11.3. The molecule has 1 aromatic carbocycles. The highest BCUT2D eigenvalue weighted by Gasteiger charge is 2.17. The number of hydrogen-bond acceptors (Lipinski definition) is 4. The number of nitrogens with zero attached hydrogens (tertiary/aromatic N) is 1. The van der Waals surface area contributed by atoms with Crippen molar-refractivity contribution in [1.29, 1.82) is 0 Å². The van der Waals surface area contributed by atoms with Gasteiger partial charge in [0.2, 0.25) is 10.0 Å². The number of rotatable bonds is 7. The van der Waals surface area contributed by atoms with E-state index in [2.05, 4.69) is 5.32 Å². The summed E-state index contributed by atoms with van der Waals surface area (Å²) in [5.41, 5.74) is 0.639. The van der Waals surface area contributed by atoms with Crippen molar-refractivity contribution in [1.82, 2.24) is 5.32 Å². The second-order valence-corrected chi connectivity index (χ2v) is 6.06. The fraction of sp³-hybridized carbons (Fsp3) is 0.500. The Morgan fingerprint density at radius 2 is 1.89 bits per heavy atom. The molecule has 102 valence electrons. The van der Waals surface area contributed by atoms with Crippen molar-refractivity contribution in [3.05, 3.63) is 24.3 Å². The van der Waals surface area contributed by atoms with E-state index < -0.39 is 10.0 Å². The molecule has 6 heteroatoms. The molecule has 0 bridgehead atoms. The monoisotopic (exact) mass is 272 g/mol. The summed E-state index contributed by atoms with van der Waals surface area (Å²) >= 11 is 0. The van der Waals surface area contributed by atoms with Crippen LogP contribution in [0.3, 0.4) is 0 Å². The molecule has 0 heterocycles. The molecule has 1 aromatic rings. The summed E-state index contributed by atoms with van der Waals surface area (Å²) in [4.78, 5) is 0. The summed E-state index contributed by atoms with van der Waals surface area (Å²) in [5, 5.41) is 2.93. The first kappa shape index (κ1) is 14.8. The van der Waals surface area contributed by atoms with E-state index in [0.29, 0.717) is 24.4 Å². The molecule has 5 nitrogen and oxygen atoms in total. The third-order valence-electron chi connectivity index (χ3n) is 2.68. The number of anilines is 1. The van der Waals surface area contributed by atoms with Gasteiger partial charge in [-0.05, 0) is 44.3 Å². The molecular formula is C12H20N2O3S. The molecule has 1 N–H and O–H groups in total. The highest BCUT2D eigenvalue weighted by atomic mass is 32.2. The zero-order valence-corrected chi connectivity index (χ0v) is 11.8. The minimum atomic E-state index is -3.25. The maximum atomic E-state index is 12.0. The standard InChI is InChI=1S/C12H20N2O3S/c1-13-9-4-10-18(15,16)14(2)11-5-7-12(17-3)8-6-11/h5-8,13H,4,9-10H2,1-3H3. The van der Waals surface area contributed by atoms with E-state index in [1.807, 2.05) is 0 Å². The van der Waals surface area contributed by atoms with Crippen LogP contribution in [0.1, 0.15) is 6.42 Å². The van der Waals surface area contributed by atoms with Crippen LogP contribution in [-0.4, -0.2) is 41.9 Å². The van der Waals surface area contributed by atoms with E-state index in [1.54, 1.807) is 45.5 Å². The van der Waals surface area contributed by atoms with Crippen molar-refractivity contribution in [2.45, 2.75) is 6.42 Å². The van der Waals surface area contributed by atoms with Crippen LogP contribution in [0.2, 0.25) is 0 Å². The smallest absolute Gasteiger partial charge is 0.234 e. The summed E-state index contributed by atoms with van der Waals surface area (Å²) in [7, 11) is 1.70. The van der Waals surface area contributed by atoms with Gasteiger partial charge in [0, 0.05) is 7.05 Å². The molecule has 18 heavy (non-hydrogen) atoms. The Morgan fingerprint density at radius 1 is 1.28 bits per heavy atom. The van der Waals surface area contributed by atoms with Crippen LogP contribution in [0.25, 0.3) is 0 Å². The Hall–Kier alpha value is -1.27. The average Bonchev–Trinajstić information content (AvgIpc) is 2.38. The molecule has 1 rings (SSSR count). The predicted molar refractivity (Wildman–Crippen MR) is 73.7 cm³/mol. The van der Waals surface area contributed by atoms with Crippen LogP contribution in [-0.2, 0) is 10.0 Å². The molecule has 0 amide bonds. The minimum absolute atomic E-state index is 0.135. The lowest BCUT2D eigenvalue weighted by Gasteiger charge is -2.19. The quantitative estimate of drug-likeness (QED) is 0.754. The van der Waals surface area contributed by atoms with E-state index in [1.165, 1.54) is 4.31 Å². The van der Waals surface area contributed by atoms with E-state index in [9.17, 15) is 8.42 Å². The molecule has 0 radical (unpaired) electrons. The van der Waals surface area contributed by atoms with Gasteiger partial charge < -0.3 is 10.1 Å². The van der Waals surface area contributed by atoms with Gasteiger partial charge in [0.25, 0.3) is 0 Å². The zero-order valence-electron chi connectivity index (χ0n) is 11.0. The summed E-state index contributed by atoms with van der Waals surface area (Å²) in [6.07, 6.45) is 0.597. The highest BCUT2D eigenvalue weighted by molar-refractivity contribution is 7.92. The van der Waals surface area contributed by atoms with Crippen molar-refractivity contribution in [2.24, 2.45) is 0 Å². The molecule has 0 aliphatic rings. The molecule has 0 unspecified atom stereocenters. The lowest BCUT2D eigenvalue weighted by molar-refractivity contribution is 0.415. The minimum Gasteiger partial charge on any atom is -0.497 e. The summed E-state index contributed by atoms with van der Waals surface area (Å²) in [5.74, 6) is 0.843. The Labute approximate surface area is 109 Å². The van der Waals surface area contributed by atoms with Crippen molar-refractivity contribution in [3.63, 3.8) is 0 Å². The lowest BCUT2D eigenvalue weighted by Crippen LogP contribution is -2.30. The average molecular weight is 272 g/mol. The third-order valence-corrected chi connectivity index (χ3v) is 4.53. The molecule has 0 spiro atoms. The van der Waals surface area contributed by atoms with Gasteiger partial charge in [0.15, 0.2) is 0 Å². The number of benzene rings is 1. The van der Waals surface area contributed by atoms with Crippen molar-refractivity contribution in [3.8, 4) is 5.75 Å². The van der Waals surface area contributed by atoms with Gasteiger partial charge in [-0.2, -0.15) is 0 Å². The Kier molecular flexibility index (Phi) is 5.43. The van der Waals surface area contributed by atoms with Crippen molar-refractivity contribution < 1.29 is 13.2 Å². The third kappa shape index (κ3) is 3.89. The van der Waals surface area contributed by atoms with E-state index in [0.717, 1.165) is 0 Å². The first-order valence-electron chi connectivity index (χ1n) is 5.76. The maximum absolute atomic E-state index is 12.0. The van der Waals surface area contributed by atoms with Crippen LogP contribution in [0.4, 0.5) is 5.69 Å². The SMILES string of the molecule is CNCCCS(=O)(=O)N(C)c1ccc(OC)cc1. The van der Waals surface area contributed by atoms with Gasteiger partial charge in [0.05, 0.1) is 18.6 Å². The molecule has 0 atom stereocenters. The molecule has 0 fully saturated rings. The molecule has 0 aliphatic heterocycles.